The van der Waals surface area contributed by atoms with Gasteiger partial charge in [0.05, 0.1) is 16.6 Å². The van der Waals surface area contributed by atoms with E-state index in [0.717, 1.165) is 0 Å². The zero-order valence-electron chi connectivity index (χ0n) is 12.9. The minimum Gasteiger partial charge on any atom is -0.449 e. The number of carbonyl (C=O) groups is 2. The van der Waals surface area contributed by atoms with Crippen LogP contribution in [0.1, 0.15) is 31.1 Å². The monoisotopic (exact) mass is 301 g/mol. The number of nitrogens with one attached hydrogen (secondary N) is 1. The topological polar surface area (TPSA) is 81.2 Å². The highest BCUT2D eigenvalue weighted by Crippen LogP contribution is 2.12. The maximum Gasteiger partial charge on any atom is 0.338 e. The van der Waals surface area contributed by atoms with Crippen LogP contribution in [0.4, 0.5) is 0 Å². The molecule has 1 aromatic heterocycles. The first-order valence-electron chi connectivity index (χ1n) is 7.17. The van der Waals surface area contributed by atoms with Crippen LogP contribution in [0.3, 0.4) is 0 Å². The van der Waals surface area contributed by atoms with E-state index < -0.39 is 12.1 Å². The Morgan fingerprint density at radius 2 is 1.82 bits per heavy atom. The molecule has 6 heteroatoms. The largest absolute Gasteiger partial charge is 0.449 e. The molecule has 2 aromatic rings. The molecule has 2 rings (SSSR count). The van der Waals surface area contributed by atoms with E-state index in [9.17, 15) is 9.59 Å². The Morgan fingerprint density at radius 3 is 2.50 bits per heavy atom. The summed E-state index contributed by atoms with van der Waals surface area (Å²) in [6.45, 7) is 6.08. The van der Waals surface area contributed by atoms with Crippen LogP contribution in [0.2, 0.25) is 0 Å². The van der Waals surface area contributed by atoms with Crippen LogP contribution in [0.15, 0.2) is 30.6 Å². The molecule has 116 valence electrons. The number of nitrogens with zero attached hydrogens (tertiary/aromatic N) is 2. The molecule has 0 spiro atoms. The van der Waals surface area contributed by atoms with Gasteiger partial charge in [-0.15, -0.1) is 0 Å². The minimum absolute atomic E-state index is 0.303. The number of hydrogen-bond donors (Lipinski definition) is 1. The van der Waals surface area contributed by atoms with Crippen LogP contribution < -0.4 is 5.32 Å². The van der Waals surface area contributed by atoms with Gasteiger partial charge >= 0.3 is 5.97 Å². The van der Waals surface area contributed by atoms with Crippen LogP contribution in [-0.2, 0) is 9.53 Å². The summed E-state index contributed by atoms with van der Waals surface area (Å²) in [7, 11) is 0. The van der Waals surface area contributed by atoms with E-state index in [1.165, 1.54) is 0 Å². The normalized spacial score (nSPS) is 12.2. The molecule has 6 nitrogen and oxygen atoms in total. The van der Waals surface area contributed by atoms with E-state index in [1.54, 1.807) is 37.5 Å². The van der Waals surface area contributed by atoms with Gasteiger partial charge in [0.15, 0.2) is 6.10 Å². The maximum atomic E-state index is 12.1. The average Bonchev–Trinajstić information content (AvgIpc) is 2.51. The number of fused-ring (bicyclic) bond motifs is 1. The van der Waals surface area contributed by atoms with Crippen LogP contribution >= 0.6 is 0 Å². The molecule has 1 N–H and O–H groups in total. The van der Waals surface area contributed by atoms with Crippen molar-refractivity contribution in [1.29, 1.82) is 0 Å². The summed E-state index contributed by atoms with van der Waals surface area (Å²) >= 11 is 0. The Kier molecular flexibility index (Phi) is 5.04. The molecule has 1 amide bonds. The predicted molar refractivity (Wildman–Crippen MR) is 82.3 cm³/mol. The van der Waals surface area contributed by atoms with Crippen LogP contribution in [0, 0.1) is 5.92 Å². The fourth-order valence-corrected chi connectivity index (χ4v) is 1.82. The lowest BCUT2D eigenvalue weighted by molar-refractivity contribution is -0.129. The van der Waals surface area contributed by atoms with Gasteiger partial charge < -0.3 is 10.1 Å². The molecule has 0 fully saturated rings. The molecule has 0 unspecified atom stereocenters. The van der Waals surface area contributed by atoms with Gasteiger partial charge in [0.25, 0.3) is 5.91 Å². The number of rotatable bonds is 5. The molecule has 0 aliphatic carbocycles. The van der Waals surface area contributed by atoms with Gasteiger partial charge in [0.2, 0.25) is 0 Å². The van der Waals surface area contributed by atoms with Crippen molar-refractivity contribution in [2.45, 2.75) is 26.9 Å². The van der Waals surface area contributed by atoms with Crippen LogP contribution in [-0.4, -0.2) is 34.5 Å². The Bertz CT molecular complexity index is 685. The third kappa shape index (κ3) is 4.00. The van der Waals surface area contributed by atoms with Crippen molar-refractivity contribution >= 4 is 22.9 Å². The first kappa shape index (κ1) is 15.9. The van der Waals surface area contributed by atoms with Crippen LogP contribution in [0.25, 0.3) is 11.0 Å². The number of hydrogen-bond acceptors (Lipinski definition) is 5. The second kappa shape index (κ2) is 6.98. The molecule has 0 saturated heterocycles. The highest BCUT2D eigenvalue weighted by atomic mass is 16.5. The summed E-state index contributed by atoms with van der Waals surface area (Å²) in [5, 5.41) is 2.73. The van der Waals surface area contributed by atoms with Crippen molar-refractivity contribution in [3.63, 3.8) is 0 Å². The van der Waals surface area contributed by atoms with Crippen molar-refractivity contribution in [3.05, 3.63) is 36.2 Å². The highest BCUT2D eigenvalue weighted by Gasteiger charge is 2.19. The first-order chi connectivity index (χ1) is 10.5. The summed E-state index contributed by atoms with van der Waals surface area (Å²) in [6.07, 6.45) is 2.30. The Balaban J connectivity index is 2.02. The van der Waals surface area contributed by atoms with Crippen molar-refractivity contribution in [3.8, 4) is 0 Å². The summed E-state index contributed by atoms with van der Waals surface area (Å²) < 4.78 is 5.18. The second-order valence-electron chi connectivity index (χ2n) is 5.45. The molecule has 1 aromatic carbocycles. The summed E-state index contributed by atoms with van der Waals surface area (Å²) in [4.78, 5) is 32.2. The lowest BCUT2D eigenvalue weighted by Gasteiger charge is -2.14. The van der Waals surface area contributed by atoms with E-state index in [0.29, 0.717) is 29.1 Å². The first-order valence-corrected chi connectivity index (χ1v) is 7.17. The van der Waals surface area contributed by atoms with E-state index >= 15 is 0 Å². The highest BCUT2D eigenvalue weighted by molar-refractivity contribution is 5.95. The molecule has 1 atom stereocenters. The lowest BCUT2D eigenvalue weighted by atomic mass is 10.2. The molecule has 1 heterocycles. The molecule has 0 aliphatic heterocycles. The van der Waals surface area contributed by atoms with Gasteiger partial charge in [-0.05, 0) is 31.0 Å². The third-order valence-electron chi connectivity index (χ3n) is 3.04. The number of benzene rings is 1. The molecule has 0 saturated carbocycles. The smallest absolute Gasteiger partial charge is 0.338 e. The van der Waals surface area contributed by atoms with Gasteiger partial charge in [-0.2, -0.15) is 0 Å². The van der Waals surface area contributed by atoms with Gasteiger partial charge in [-0.1, -0.05) is 13.8 Å². The standard InChI is InChI=1S/C16H19N3O3/c1-10(2)9-19-15(20)11(3)22-16(21)12-4-5-13-14(8-12)18-7-6-17-13/h4-8,10-11H,9H2,1-3H3,(H,19,20)/t11-/m1/s1. The number of esters is 1. The number of amides is 1. The quantitative estimate of drug-likeness (QED) is 0.854. The average molecular weight is 301 g/mol. The van der Waals surface area contributed by atoms with Gasteiger partial charge in [-0.3, -0.25) is 14.8 Å². The minimum atomic E-state index is -0.844. The number of ether oxygens (including phenoxy) is 1. The zero-order chi connectivity index (χ0) is 16.1. The molecule has 0 radical (unpaired) electrons. The van der Waals surface area contributed by atoms with Crippen molar-refractivity contribution in [2.24, 2.45) is 5.92 Å². The van der Waals surface area contributed by atoms with Crippen molar-refractivity contribution < 1.29 is 14.3 Å². The van der Waals surface area contributed by atoms with Gasteiger partial charge in [0.1, 0.15) is 0 Å². The van der Waals surface area contributed by atoms with Gasteiger partial charge in [-0.25, -0.2) is 4.79 Å². The predicted octanol–water partition coefficient (Wildman–Crippen LogP) is 1.95. The Morgan fingerprint density at radius 1 is 1.14 bits per heavy atom. The van der Waals surface area contributed by atoms with Crippen molar-refractivity contribution in [1.82, 2.24) is 15.3 Å². The fourth-order valence-electron chi connectivity index (χ4n) is 1.82. The van der Waals surface area contributed by atoms with E-state index in [2.05, 4.69) is 15.3 Å². The Labute approximate surface area is 128 Å². The SMILES string of the molecule is CC(C)CNC(=O)[C@@H](C)OC(=O)c1ccc2nccnc2c1. The zero-order valence-corrected chi connectivity index (χ0v) is 12.9. The molecule has 22 heavy (non-hydrogen) atoms. The molecule has 0 aliphatic rings. The van der Waals surface area contributed by atoms with Crippen molar-refractivity contribution in [2.75, 3.05) is 6.54 Å². The molecular weight excluding hydrogens is 282 g/mol. The van der Waals surface area contributed by atoms with E-state index in [4.69, 9.17) is 4.74 Å². The summed E-state index contributed by atoms with van der Waals surface area (Å²) in [5.74, 6) is -0.520. The molecular formula is C16H19N3O3. The van der Waals surface area contributed by atoms with Crippen LogP contribution in [0.5, 0.6) is 0 Å². The number of aromatic nitrogens is 2. The Hall–Kier alpha value is -2.50. The van der Waals surface area contributed by atoms with Gasteiger partial charge in [0, 0.05) is 18.9 Å². The fraction of sp³-hybridized carbons (Fsp3) is 0.375. The molecule has 0 bridgehead atoms. The van der Waals surface area contributed by atoms with E-state index in [-0.39, 0.29) is 5.91 Å². The summed E-state index contributed by atoms with van der Waals surface area (Å²) in [6, 6.07) is 4.91. The van der Waals surface area contributed by atoms with E-state index in [1.807, 2.05) is 13.8 Å². The lowest BCUT2D eigenvalue weighted by Crippen LogP contribution is -2.37. The maximum absolute atomic E-state index is 12.1. The number of carbonyl (C=O) groups excluding carboxylic acids is 2. The third-order valence-corrected chi connectivity index (χ3v) is 3.04. The second-order valence-corrected chi connectivity index (χ2v) is 5.45. The summed E-state index contributed by atoms with van der Waals surface area (Å²) in [5.41, 5.74) is 1.65.